The van der Waals surface area contributed by atoms with E-state index in [0.717, 1.165) is 31.4 Å². The highest BCUT2D eigenvalue weighted by atomic mass is 16.3. The van der Waals surface area contributed by atoms with Gasteiger partial charge in [-0.1, -0.05) is 142 Å². The van der Waals surface area contributed by atoms with Crippen LogP contribution in [-0.2, 0) is 0 Å². The van der Waals surface area contributed by atoms with E-state index in [0.29, 0.717) is 13.1 Å². The van der Waals surface area contributed by atoms with E-state index in [2.05, 4.69) is 18.7 Å². The molecule has 4 heteroatoms. The SMILES string of the molecule is CCCCCCCCCCCCC(O)CN(CC(O)CCCCCCCCCCCC)c1ccc(O)cc1. The van der Waals surface area contributed by atoms with Crippen LogP contribution in [-0.4, -0.2) is 40.6 Å². The molecule has 0 aromatic heterocycles. The normalized spacial score (nSPS) is 13.1. The zero-order valence-electron chi connectivity index (χ0n) is 25.2. The first kappa shape index (κ1) is 34.8. The number of rotatable bonds is 27. The van der Waals surface area contributed by atoms with E-state index in [1.807, 2.05) is 12.1 Å². The predicted molar refractivity (Wildman–Crippen MR) is 165 cm³/mol. The Morgan fingerprint density at radius 1 is 0.500 bits per heavy atom. The van der Waals surface area contributed by atoms with Gasteiger partial charge in [-0.25, -0.2) is 0 Å². The van der Waals surface area contributed by atoms with Crippen molar-refractivity contribution >= 4 is 5.69 Å². The molecule has 0 radical (unpaired) electrons. The van der Waals surface area contributed by atoms with Gasteiger partial charge in [0.25, 0.3) is 0 Å². The highest BCUT2D eigenvalue weighted by Gasteiger charge is 2.16. The standard InChI is InChI=1S/C34H63NO3/c1-3-5-7-9-11-13-15-17-19-21-23-33(37)29-35(31-25-27-32(36)28-26-31)30-34(38)24-22-20-18-16-14-12-10-8-6-4-2/h25-28,33-34,36-38H,3-24,29-30H2,1-2H3. The van der Waals surface area contributed by atoms with E-state index < -0.39 is 12.2 Å². The second kappa shape index (κ2) is 24.8. The third-order valence-electron chi connectivity index (χ3n) is 7.86. The maximum atomic E-state index is 10.8. The molecule has 0 fully saturated rings. The lowest BCUT2D eigenvalue weighted by atomic mass is 10.0. The number of aliphatic hydroxyl groups is 2. The lowest BCUT2D eigenvalue weighted by Gasteiger charge is -2.29. The van der Waals surface area contributed by atoms with E-state index >= 15 is 0 Å². The van der Waals surface area contributed by atoms with Gasteiger partial charge in [0.2, 0.25) is 0 Å². The van der Waals surface area contributed by atoms with Gasteiger partial charge in [0.1, 0.15) is 5.75 Å². The number of anilines is 1. The Morgan fingerprint density at radius 3 is 1.16 bits per heavy atom. The van der Waals surface area contributed by atoms with Crippen LogP contribution in [0.5, 0.6) is 5.75 Å². The zero-order chi connectivity index (χ0) is 27.7. The number of benzene rings is 1. The Bertz CT molecular complexity index is 589. The fourth-order valence-corrected chi connectivity index (χ4v) is 5.37. The third-order valence-corrected chi connectivity index (χ3v) is 7.86. The molecule has 0 spiro atoms. The monoisotopic (exact) mass is 533 g/mol. The number of phenolic OH excluding ortho intramolecular Hbond substituents is 1. The quantitative estimate of drug-likeness (QED) is 0.0985. The molecule has 0 aliphatic rings. The smallest absolute Gasteiger partial charge is 0.115 e. The van der Waals surface area contributed by atoms with Gasteiger partial charge in [0.15, 0.2) is 0 Å². The molecule has 0 saturated heterocycles. The van der Waals surface area contributed by atoms with Gasteiger partial charge < -0.3 is 20.2 Å². The second-order valence-electron chi connectivity index (χ2n) is 11.7. The van der Waals surface area contributed by atoms with E-state index in [4.69, 9.17) is 0 Å². The van der Waals surface area contributed by atoms with Crippen LogP contribution < -0.4 is 4.90 Å². The Labute approximate surface area is 236 Å². The molecule has 38 heavy (non-hydrogen) atoms. The first-order valence-corrected chi connectivity index (χ1v) is 16.5. The van der Waals surface area contributed by atoms with Crippen molar-refractivity contribution in [1.29, 1.82) is 0 Å². The molecule has 3 N–H and O–H groups in total. The van der Waals surface area contributed by atoms with Crippen LogP contribution >= 0.6 is 0 Å². The van der Waals surface area contributed by atoms with Crippen molar-refractivity contribution in [3.63, 3.8) is 0 Å². The van der Waals surface area contributed by atoms with Crippen molar-refractivity contribution in [3.05, 3.63) is 24.3 Å². The summed E-state index contributed by atoms with van der Waals surface area (Å²) >= 11 is 0. The molecule has 0 aliphatic carbocycles. The summed E-state index contributed by atoms with van der Waals surface area (Å²) in [5.74, 6) is 0.241. The summed E-state index contributed by atoms with van der Waals surface area (Å²) in [4.78, 5) is 2.10. The molecule has 1 rings (SSSR count). The Hall–Kier alpha value is -1.26. The van der Waals surface area contributed by atoms with Gasteiger partial charge in [-0.15, -0.1) is 0 Å². The van der Waals surface area contributed by atoms with Crippen LogP contribution in [0.3, 0.4) is 0 Å². The van der Waals surface area contributed by atoms with Crippen molar-refractivity contribution in [1.82, 2.24) is 0 Å². The van der Waals surface area contributed by atoms with Gasteiger partial charge in [-0.3, -0.25) is 0 Å². The van der Waals surface area contributed by atoms with Gasteiger partial charge >= 0.3 is 0 Å². The van der Waals surface area contributed by atoms with E-state index in [-0.39, 0.29) is 5.75 Å². The predicted octanol–water partition coefficient (Wildman–Crippen LogP) is 9.54. The first-order valence-electron chi connectivity index (χ1n) is 16.5. The van der Waals surface area contributed by atoms with Crippen molar-refractivity contribution in [2.75, 3.05) is 18.0 Å². The fourth-order valence-electron chi connectivity index (χ4n) is 5.37. The van der Waals surface area contributed by atoms with Crippen molar-refractivity contribution in [3.8, 4) is 5.75 Å². The van der Waals surface area contributed by atoms with Crippen LogP contribution in [0.25, 0.3) is 0 Å². The minimum absolute atomic E-state index is 0.241. The summed E-state index contributed by atoms with van der Waals surface area (Å²) in [5.41, 5.74) is 0.951. The summed E-state index contributed by atoms with van der Waals surface area (Å²) in [7, 11) is 0. The molecule has 0 heterocycles. The molecule has 0 saturated carbocycles. The maximum absolute atomic E-state index is 10.8. The topological polar surface area (TPSA) is 63.9 Å². The summed E-state index contributed by atoms with van der Waals surface area (Å²) < 4.78 is 0. The van der Waals surface area contributed by atoms with Crippen molar-refractivity contribution in [2.24, 2.45) is 0 Å². The average Bonchev–Trinajstić information content (AvgIpc) is 2.91. The number of phenols is 1. The van der Waals surface area contributed by atoms with Crippen LogP contribution in [0.1, 0.15) is 155 Å². The molecule has 2 atom stereocenters. The number of hydrogen-bond acceptors (Lipinski definition) is 4. The Morgan fingerprint density at radius 2 is 0.816 bits per heavy atom. The van der Waals surface area contributed by atoms with E-state index in [1.54, 1.807) is 12.1 Å². The molecule has 1 aromatic rings. The highest BCUT2D eigenvalue weighted by molar-refractivity contribution is 5.49. The van der Waals surface area contributed by atoms with Crippen molar-refractivity contribution < 1.29 is 15.3 Å². The number of unbranched alkanes of at least 4 members (excludes halogenated alkanes) is 18. The lowest BCUT2D eigenvalue weighted by molar-refractivity contribution is 0.145. The van der Waals surface area contributed by atoms with Gasteiger partial charge in [0.05, 0.1) is 12.2 Å². The summed E-state index contributed by atoms with van der Waals surface area (Å²) in [5, 5.41) is 31.2. The molecule has 0 amide bonds. The number of aliphatic hydroxyl groups excluding tert-OH is 2. The van der Waals surface area contributed by atoms with Gasteiger partial charge in [-0.2, -0.15) is 0 Å². The Kier molecular flexibility index (Phi) is 22.7. The molecule has 0 bridgehead atoms. The zero-order valence-corrected chi connectivity index (χ0v) is 25.2. The molecule has 2 unspecified atom stereocenters. The molecule has 0 aliphatic heterocycles. The van der Waals surface area contributed by atoms with E-state index in [9.17, 15) is 15.3 Å². The lowest BCUT2D eigenvalue weighted by Crippen LogP contribution is -2.38. The molecule has 1 aromatic carbocycles. The van der Waals surface area contributed by atoms with Crippen LogP contribution in [0.4, 0.5) is 5.69 Å². The highest BCUT2D eigenvalue weighted by Crippen LogP contribution is 2.21. The summed E-state index contributed by atoms with van der Waals surface area (Å²) in [6.07, 6.45) is 26.8. The minimum Gasteiger partial charge on any atom is -0.508 e. The van der Waals surface area contributed by atoms with Crippen molar-refractivity contribution in [2.45, 2.75) is 167 Å². The van der Waals surface area contributed by atoms with Crippen LogP contribution in [0.2, 0.25) is 0 Å². The molecule has 222 valence electrons. The number of aromatic hydroxyl groups is 1. The third kappa shape index (κ3) is 19.8. The molecule has 4 nitrogen and oxygen atoms in total. The summed E-state index contributed by atoms with van der Waals surface area (Å²) in [6.45, 7) is 5.58. The van der Waals surface area contributed by atoms with E-state index in [1.165, 1.54) is 116 Å². The fraction of sp³-hybridized carbons (Fsp3) is 0.824. The largest absolute Gasteiger partial charge is 0.508 e. The van der Waals surface area contributed by atoms with Gasteiger partial charge in [0, 0.05) is 18.8 Å². The molecular formula is C34H63NO3. The second-order valence-corrected chi connectivity index (χ2v) is 11.7. The number of hydrogen-bond donors (Lipinski definition) is 3. The maximum Gasteiger partial charge on any atom is 0.115 e. The van der Waals surface area contributed by atoms with Crippen LogP contribution in [0.15, 0.2) is 24.3 Å². The average molecular weight is 534 g/mol. The minimum atomic E-state index is -0.401. The first-order chi connectivity index (χ1) is 18.6. The number of nitrogens with zero attached hydrogens (tertiary/aromatic N) is 1. The Balaban J connectivity index is 2.27. The summed E-state index contributed by atoms with van der Waals surface area (Å²) in [6, 6.07) is 7.14. The van der Waals surface area contributed by atoms with Crippen LogP contribution in [0, 0.1) is 0 Å². The molecular weight excluding hydrogens is 470 g/mol. The van der Waals surface area contributed by atoms with Gasteiger partial charge in [-0.05, 0) is 37.1 Å².